The van der Waals surface area contributed by atoms with Crippen molar-refractivity contribution in [2.24, 2.45) is 5.41 Å². The van der Waals surface area contributed by atoms with Crippen molar-refractivity contribution in [2.45, 2.75) is 38.9 Å². The maximum absolute atomic E-state index is 11.4. The molecule has 0 radical (unpaired) electrons. The van der Waals surface area contributed by atoms with E-state index in [-0.39, 0.29) is 12.0 Å². The number of amides is 1. The van der Waals surface area contributed by atoms with Gasteiger partial charge in [0, 0.05) is 30.1 Å². The van der Waals surface area contributed by atoms with Gasteiger partial charge in [-0.1, -0.05) is 25.6 Å². The zero-order valence-corrected chi connectivity index (χ0v) is 19.8. The van der Waals surface area contributed by atoms with Gasteiger partial charge in [-0.25, -0.2) is 4.98 Å². The van der Waals surface area contributed by atoms with Gasteiger partial charge in [0.15, 0.2) is 11.5 Å². The third kappa shape index (κ3) is 4.29. The lowest BCUT2D eigenvalue weighted by atomic mass is 9.72. The number of likely N-dealkylation sites (tertiary alicyclic amines) is 1. The fourth-order valence-corrected chi connectivity index (χ4v) is 4.88. The van der Waals surface area contributed by atoms with E-state index in [1.807, 2.05) is 50.3 Å². The molecule has 0 saturated carbocycles. The average Bonchev–Trinajstić information content (AvgIpc) is 3.14. The van der Waals surface area contributed by atoms with Crippen molar-refractivity contribution >= 4 is 18.3 Å². The topological polar surface area (TPSA) is 75.1 Å². The molecule has 7 heteroatoms. The minimum absolute atomic E-state index is 0.00407. The van der Waals surface area contributed by atoms with Crippen molar-refractivity contribution in [1.29, 1.82) is 0 Å². The Morgan fingerprint density at radius 3 is 2.61 bits per heavy atom. The third-order valence-corrected chi connectivity index (χ3v) is 7.25. The van der Waals surface area contributed by atoms with Crippen LogP contribution >= 0.6 is 0 Å². The van der Waals surface area contributed by atoms with Crippen LogP contribution in [0.15, 0.2) is 36.9 Å². The Morgan fingerprint density at radius 1 is 1.24 bits per heavy atom. The number of carbonyl (C=O) groups excluding carboxylic acids is 1. The van der Waals surface area contributed by atoms with Gasteiger partial charge in [-0.05, 0) is 49.2 Å². The summed E-state index contributed by atoms with van der Waals surface area (Å²) in [7, 11) is 1.63. The molecular weight excluding hydrogens is 418 g/mol. The minimum atomic E-state index is -0.553. The molecule has 1 aromatic carbocycles. The van der Waals surface area contributed by atoms with Gasteiger partial charge in [-0.2, -0.15) is 0 Å². The number of anilines is 1. The van der Waals surface area contributed by atoms with Crippen LogP contribution in [0.4, 0.5) is 5.82 Å². The monoisotopic (exact) mass is 451 g/mol. The van der Waals surface area contributed by atoms with Crippen molar-refractivity contribution in [3.8, 4) is 11.5 Å². The predicted molar refractivity (Wildman–Crippen MR) is 129 cm³/mol. The van der Waals surface area contributed by atoms with Crippen LogP contribution in [-0.2, 0) is 4.79 Å². The van der Waals surface area contributed by atoms with E-state index in [0.29, 0.717) is 24.6 Å². The predicted octanol–water partition coefficient (Wildman–Crippen LogP) is 3.25. The highest BCUT2D eigenvalue weighted by Crippen LogP contribution is 2.46. The second-order valence-corrected chi connectivity index (χ2v) is 9.37. The molecule has 0 aliphatic carbocycles. The van der Waals surface area contributed by atoms with Gasteiger partial charge in [0.05, 0.1) is 26.3 Å². The lowest BCUT2D eigenvalue weighted by Crippen LogP contribution is -2.54. The fourth-order valence-electron chi connectivity index (χ4n) is 4.88. The van der Waals surface area contributed by atoms with Crippen molar-refractivity contribution in [3.63, 3.8) is 0 Å². The Labute approximate surface area is 195 Å². The number of nitrogens with zero attached hydrogens (tertiary/aromatic N) is 3. The molecule has 0 spiro atoms. The molecule has 1 aromatic heterocycles. The molecule has 33 heavy (non-hydrogen) atoms. The Kier molecular flexibility index (Phi) is 6.34. The summed E-state index contributed by atoms with van der Waals surface area (Å²) in [5, 5.41) is 10.5. The van der Waals surface area contributed by atoms with Crippen LogP contribution in [0, 0.1) is 12.3 Å². The summed E-state index contributed by atoms with van der Waals surface area (Å²) >= 11 is 0. The molecule has 0 bridgehead atoms. The lowest BCUT2D eigenvalue weighted by Gasteiger charge is -2.40. The number of hydrogen-bond donors (Lipinski definition) is 1. The number of pyridine rings is 1. The molecule has 7 nitrogen and oxygen atoms in total. The van der Waals surface area contributed by atoms with Crippen molar-refractivity contribution in [1.82, 2.24) is 9.88 Å². The number of carbonyl (C=O) groups is 1. The van der Waals surface area contributed by atoms with Crippen LogP contribution in [0.5, 0.6) is 11.5 Å². The summed E-state index contributed by atoms with van der Waals surface area (Å²) in [6, 6.07) is 9.96. The molecule has 0 unspecified atom stereocenters. The number of rotatable bonds is 8. The number of ether oxygens (including phenoxy) is 2. The molecule has 2 aromatic rings. The maximum atomic E-state index is 11.4. The highest BCUT2D eigenvalue weighted by Gasteiger charge is 2.47. The van der Waals surface area contributed by atoms with E-state index in [2.05, 4.69) is 16.5 Å². The molecule has 3 heterocycles. The third-order valence-electron chi connectivity index (χ3n) is 7.25. The SMILES string of the molecule is C=Cc1ccc(N2CC(Oc3cc([C@@H]4CN(C=O)C[C@@]4(C)[C@@H](C)O)ccc3OC)C2)nc1C. The van der Waals surface area contributed by atoms with Gasteiger partial charge >= 0.3 is 0 Å². The summed E-state index contributed by atoms with van der Waals surface area (Å²) in [5.41, 5.74) is 2.61. The molecule has 3 atom stereocenters. The van der Waals surface area contributed by atoms with E-state index in [1.165, 1.54) is 0 Å². The van der Waals surface area contributed by atoms with Gasteiger partial charge < -0.3 is 24.4 Å². The zero-order valence-electron chi connectivity index (χ0n) is 19.8. The first-order chi connectivity index (χ1) is 15.8. The van der Waals surface area contributed by atoms with E-state index < -0.39 is 11.5 Å². The summed E-state index contributed by atoms with van der Waals surface area (Å²) in [4.78, 5) is 20.0. The second kappa shape index (κ2) is 9.06. The summed E-state index contributed by atoms with van der Waals surface area (Å²) in [6.45, 7) is 12.2. The van der Waals surface area contributed by atoms with Crippen LogP contribution in [0.2, 0.25) is 0 Å². The number of methoxy groups -OCH3 is 1. The smallest absolute Gasteiger partial charge is 0.209 e. The minimum Gasteiger partial charge on any atom is -0.493 e. The second-order valence-electron chi connectivity index (χ2n) is 9.37. The molecule has 2 aliphatic heterocycles. The Bertz CT molecular complexity index is 1030. The van der Waals surface area contributed by atoms with Gasteiger partial charge in [-0.3, -0.25) is 4.79 Å². The van der Waals surface area contributed by atoms with E-state index in [4.69, 9.17) is 9.47 Å². The van der Waals surface area contributed by atoms with E-state index in [1.54, 1.807) is 18.9 Å². The van der Waals surface area contributed by atoms with Crippen LogP contribution in [-0.4, -0.2) is 66.9 Å². The first-order valence-corrected chi connectivity index (χ1v) is 11.4. The van der Waals surface area contributed by atoms with Gasteiger partial charge in [-0.15, -0.1) is 0 Å². The number of aromatic nitrogens is 1. The Morgan fingerprint density at radius 2 is 2.00 bits per heavy atom. The highest BCUT2D eigenvalue weighted by atomic mass is 16.5. The number of aliphatic hydroxyl groups is 1. The first-order valence-electron chi connectivity index (χ1n) is 11.4. The molecule has 1 amide bonds. The van der Waals surface area contributed by atoms with Crippen LogP contribution in [0.3, 0.4) is 0 Å². The molecule has 2 saturated heterocycles. The number of hydrogen-bond acceptors (Lipinski definition) is 6. The quantitative estimate of drug-likeness (QED) is 0.621. The molecular formula is C26H33N3O4. The van der Waals surface area contributed by atoms with Crippen LogP contribution in [0.1, 0.15) is 36.6 Å². The Hall–Kier alpha value is -3.06. The van der Waals surface area contributed by atoms with E-state index in [9.17, 15) is 9.90 Å². The van der Waals surface area contributed by atoms with E-state index >= 15 is 0 Å². The fraction of sp³-hybridized carbons (Fsp3) is 0.462. The zero-order chi connectivity index (χ0) is 23.8. The molecule has 2 aliphatic rings. The van der Waals surface area contributed by atoms with Gasteiger partial charge in [0.1, 0.15) is 11.9 Å². The molecule has 176 valence electrons. The molecule has 2 fully saturated rings. The van der Waals surface area contributed by atoms with E-state index in [0.717, 1.165) is 42.1 Å². The molecule has 4 rings (SSSR count). The van der Waals surface area contributed by atoms with Crippen LogP contribution < -0.4 is 14.4 Å². The molecule has 1 N–H and O–H groups in total. The summed E-state index contributed by atoms with van der Waals surface area (Å²) in [5.74, 6) is 2.30. The van der Waals surface area contributed by atoms with Crippen molar-refractivity contribution in [3.05, 3.63) is 53.7 Å². The lowest BCUT2D eigenvalue weighted by molar-refractivity contribution is -0.117. The highest BCUT2D eigenvalue weighted by molar-refractivity contribution is 5.55. The Balaban J connectivity index is 1.50. The number of aryl methyl sites for hydroxylation is 1. The summed E-state index contributed by atoms with van der Waals surface area (Å²) in [6.07, 6.45) is 2.15. The van der Waals surface area contributed by atoms with Crippen molar-refractivity contribution in [2.75, 3.05) is 38.2 Å². The average molecular weight is 452 g/mol. The maximum Gasteiger partial charge on any atom is 0.209 e. The summed E-state index contributed by atoms with van der Waals surface area (Å²) < 4.78 is 11.9. The van der Waals surface area contributed by atoms with Gasteiger partial charge in [0.2, 0.25) is 6.41 Å². The van der Waals surface area contributed by atoms with Crippen LogP contribution in [0.25, 0.3) is 6.08 Å². The largest absolute Gasteiger partial charge is 0.493 e. The van der Waals surface area contributed by atoms with Crippen molar-refractivity contribution < 1.29 is 19.4 Å². The van der Waals surface area contributed by atoms with Gasteiger partial charge in [0.25, 0.3) is 0 Å². The standard InChI is InChI=1S/C26H33N3O4/c1-6-19-8-10-25(27-17(19)2)29-12-21(13-29)33-24-11-20(7-9-23(24)32-5)22-14-28(16-30)15-26(22,4)18(3)31/h6-11,16,18,21-22,31H,1,12-15H2,2-5H3/t18-,22+,26+/m1/s1. The first kappa shape index (κ1) is 23.1. The number of aliphatic hydroxyl groups excluding tert-OH is 1. The number of benzene rings is 1. The normalized spacial score (nSPS) is 23.7.